The molecule has 2 heterocycles. The highest BCUT2D eigenvalue weighted by Gasteiger charge is 2.36. The molecule has 0 fully saturated rings. The number of phenols is 1. The van der Waals surface area contributed by atoms with Crippen molar-refractivity contribution in [3.05, 3.63) is 54.3 Å². The summed E-state index contributed by atoms with van der Waals surface area (Å²) in [5, 5.41) is 19.6. The van der Waals surface area contributed by atoms with Crippen molar-refractivity contribution in [1.82, 2.24) is 14.5 Å². The maximum absolute atomic E-state index is 12.3. The minimum absolute atomic E-state index is 0.156. The first-order valence-corrected chi connectivity index (χ1v) is 7.57. The molecule has 1 atom stereocenters. The number of rotatable bonds is 5. The molecular formula is C17H19N3O3. The highest BCUT2D eigenvalue weighted by Crippen LogP contribution is 2.33. The lowest BCUT2D eigenvalue weighted by Crippen LogP contribution is -2.34. The van der Waals surface area contributed by atoms with Crippen molar-refractivity contribution in [3.63, 3.8) is 0 Å². The number of aromatic nitrogens is 2. The third-order valence-corrected chi connectivity index (χ3v) is 4.16. The number of aryl methyl sites for hydroxylation is 1. The summed E-state index contributed by atoms with van der Waals surface area (Å²) in [7, 11) is 0. The van der Waals surface area contributed by atoms with Gasteiger partial charge < -0.3 is 19.7 Å². The van der Waals surface area contributed by atoms with E-state index >= 15 is 0 Å². The van der Waals surface area contributed by atoms with Gasteiger partial charge >= 0.3 is 0 Å². The highest BCUT2D eigenvalue weighted by molar-refractivity contribution is 6.05. The Bertz CT molecular complexity index is 720. The van der Waals surface area contributed by atoms with E-state index in [1.165, 1.54) is 0 Å². The highest BCUT2D eigenvalue weighted by atomic mass is 16.3. The Morgan fingerprint density at radius 3 is 2.57 bits per heavy atom. The average molecular weight is 313 g/mol. The zero-order valence-corrected chi connectivity index (χ0v) is 12.9. The van der Waals surface area contributed by atoms with Gasteiger partial charge in [0, 0.05) is 31.1 Å². The topological polar surface area (TPSA) is 78.6 Å². The molecule has 2 N–H and O–H groups in total. The standard InChI is InChI=1S/C17H19N3O3/c1-12-15(13-3-5-14(21)6-4-13)16(22)17(23)20(12)9-2-8-19-10-7-18-11-19/h3-7,10-12,21-22H,2,8-9H2,1H3. The van der Waals surface area contributed by atoms with E-state index in [4.69, 9.17) is 0 Å². The maximum atomic E-state index is 12.3. The summed E-state index contributed by atoms with van der Waals surface area (Å²) in [4.78, 5) is 18.0. The minimum Gasteiger partial charge on any atom is -0.508 e. The predicted octanol–water partition coefficient (Wildman–Crippen LogP) is 2.18. The number of hydrogen-bond donors (Lipinski definition) is 2. The number of aliphatic hydroxyl groups is 1. The summed E-state index contributed by atoms with van der Waals surface area (Å²) in [6.45, 7) is 3.23. The molecule has 1 aromatic carbocycles. The molecule has 1 unspecified atom stereocenters. The molecular weight excluding hydrogens is 294 g/mol. The van der Waals surface area contributed by atoms with Crippen LogP contribution in [0.4, 0.5) is 0 Å². The van der Waals surface area contributed by atoms with Gasteiger partial charge in [0.1, 0.15) is 5.75 Å². The van der Waals surface area contributed by atoms with E-state index in [2.05, 4.69) is 4.98 Å². The molecule has 0 saturated heterocycles. The normalized spacial score (nSPS) is 18.0. The van der Waals surface area contributed by atoms with Crippen molar-refractivity contribution in [3.8, 4) is 5.75 Å². The summed E-state index contributed by atoms with van der Waals surface area (Å²) in [5.41, 5.74) is 1.36. The number of imidazole rings is 1. The molecule has 3 rings (SSSR count). The molecule has 120 valence electrons. The Balaban J connectivity index is 1.71. The van der Waals surface area contributed by atoms with E-state index in [-0.39, 0.29) is 23.5 Å². The first-order valence-electron chi connectivity index (χ1n) is 7.57. The molecule has 0 radical (unpaired) electrons. The predicted molar refractivity (Wildman–Crippen MR) is 85.7 cm³/mol. The number of amides is 1. The molecule has 1 aliphatic rings. The summed E-state index contributed by atoms with van der Waals surface area (Å²) < 4.78 is 1.96. The van der Waals surface area contributed by atoms with E-state index in [1.807, 2.05) is 17.7 Å². The Labute approximate surface area is 134 Å². The summed E-state index contributed by atoms with van der Waals surface area (Å²) in [6.07, 6.45) is 6.13. The van der Waals surface area contributed by atoms with Crippen LogP contribution in [-0.4, -0.2) is 43.2 Å². The van der Waals surface area contributed by atoms with Gasteiger partial charge in [0.15, 0.2) is 5.76 Å². The maximum Gasteiger partial charge on any atom is 0.289 e. The molecule has 1 aromatic heterocycles. The first kappa shape index (κ1) is 15.1. The minimum atomic E-state index is -0.341. The largest absolute Gasteiger partial charge is 0.508 e. The SMILES string of the molecule is CC1C(c2ccc(O)cc2)=C(O)C(=O)N1CCCn1ccnc1. The van der Waals surface area contributed by atoms with Crippen molar-refractivity contribution >= 4 is 11.5 Å². The van der Waals surface area contributed by atoms with Crippen LogP contribution in [0.15, 0.2) is 48.7 Å². The monoisotopic (exact) mass is 313 g/mol. The summed E-state index contributed by atoms with van der Waals surface area (Å²) in [5.74, 6) is -0.389. The number of aromatic hydroxyl groups is 1. The van der Waals surface area contributed by atoms with Crippen LogP contribution in [0.2, 0.25) is 0 Å². The van der Waals surface area contributed by atoms with Gasteiger partial charge in [-0.15, -0.1) is 0 Å². The number of benzene rings is 1. The molecule has 0 bridgehead atoms. The van der Waals surface area contributed by atoms with E-state index in [0.717, 1.165) is 18.5 Å². The van der Waals surface area contributed by atoms with E-state index in [1.54, 1.807) is 41.7 Å². The van der Waals surface area contributed by atoms with E-state index in [9.17, 15) is 15.0 Å². The van der Waals surface area contributed by atoms with Crippen LogP contribution in [0, 0.1) is 0 Å². The quantitative estimate of drug-likeness (QED) is 0.887. The zero-order chi connectivity index (χ0) is 16.4. The third kappa shape index (κ3) is 2.92. The van der Waals surface area contributed by atoms with Gasteiger partial charge in [0.25, 0.3) is 5.91 Å². The molecule has 0 saturated carbocycles. The van der Waals surface area contributed by atoms with Gasteiger partial charge in [-0.05, 0) is 31.0 Å². The Hall–Kier alpha value is -2.76. The van der Waals surface area contributed by atoms with Crippen LogP contribution < -0.4 is 0 Å². The van der Waals surface area contributed by atoms with Crippen LogP contribution in [0.25, 0.3) is 5.57 Å². The first-order chi connectivity index (χ1) is 11.1. The zero-order valence-electron chi connectivity index (χ0n) is 12.9. The molecule has 23 heavy (non-hydrogen) atoms. The second-order valence-electron chi connectivity index (χ2n) is 5.64. The van der Waals surface area contributed by atoms with Crippen LogP contribution in [-0.2, 0) is 11.3 Å². The summed E-state index contributed by atoms with van der Waals surface area (Å²) >= 11 is 0. The van der Waals surface area contributed by atoms with Gasteiger partial charge in [-0.3, -0.25) is 4.79 Å². The van der Waals surface area contributed by atoms with Crippen LogP contribution in [0.1, 0.15) is 18.9 Å². The van der Waals surface area contributed by atoms with Gasteiger partial charge in [-0.25, -0.2) is 4.98 Å². The molecule has 0 spiro atoms. The molecule has 6 heteroatoms. The van der Waals surface area contributed by atoms with Gasteiger partial charge in [-0.1, -0.05) is 12.1 Å². The molecule has 2 aromatic rings. The second kappa shape index (κ2) is 6.16. The lowest BCUT2D eigenvalue weighted by atomic mass is 10.0. The molecule has 1 amide bonds. The lowest BCUT2D eigenvalue weighted by molar-refractivity contribution is -0.129. The van der Waals surface area contributed by atoms with Crippen molar-refractivity contribution in [2.24, 2.45) is 0 Å². The number of hydrogen-bond acceptors (Lipinski definition) is 4. The smallest absolute Gasteiger partial charge is 0.289 e. The van der Waals surface area contributed by atoms with Crippen LogP contribution in [0.3, 0.4) is 0 Å². The van der Waals surface area contributed by atoms with Gasteiger partial charge in [-0.2, -0.15) is 0 Å². The Morgan fingerprint density at radius 1 is 1.17 bits per heavy atom. The fourth-order valence-electron chi connectivity index (χ4n) is 2.94. The van der Waals surface area contributed by atoms with Crippen molar-refractivity contribution in [2.75, 3.05) is 6.54 Å². The Morgan fingerprint density at radius 2 is 1.91 bits per heavy atom. The average Bonchev–Trinajstić information content (AvgIpc) is 3.12. The second-order valence-corrected chi connectivity index (χ2v) is 5.64. The van der Waals surface area contributed by atoms with Gasteiger partial charge in [0.2, 0.25) is 0 Å². The fourth-order valence-corrected chi connectivity index (χ4v) is 2.94. The van der Waals surface area contributed by atoms with Crippen LogP contribution in [0.5, 0.6) is 5.75 Å². The van der Waals surface area contributed by atoms with Crippen molar-refractivity contribution < 1.29 is 15.0 Å². The fraction of sp³-hybridized carbons (Fsp3) is 0.294. The van der Waals surface area contributed by atoms with Crippen LogP contribution >= 0.6 is 0 Å². The third-order valence-electron chi connectivity index (χ3n) is 4.16. The molecule has 1 aliphatic heterocycles. The number of aliphatic hydroxyl groups excluding tert-OH is 1. The van der Waals surface area contributed by atoms with Crippen molar-refractivity contribution in [1.29, 1.82) is 0 Å². The van der Waals surface area contributed by atoms with Crippen molar-refractivity contribution in [2.45, 2.75) is 25.9 Å². The number of carbonyl (C=O) groups is 1. The lowest BCUT2D eigenvalue weighted by Gasteiger charge is -2.23. The Kier molecular flexibility index (Phi) is 4.06. The number of carbonyl (C=O) groups excluding carboxylic acids is 1. The van der Waals surface area contributed by atoms with Gasteiger partial charge in [0.05, 0.1) is 12.4 Å². The number of nitrogens with zero attached hydrogens (tertiary/aromatic N) is 3. The number of phenolic OH excluding ortho intramolecular Hbond substituents is 1. The van der Waals surface area contributed by atoms with E-state index < -0.39 is 0 Å². The summed E-state index contributed by atoms with van der Waals surface area (Å²) in [6, 6.07) is 6.32. The molecule has 0 aliphatic carbocycles. The molecule has 6 nitrogen and oxygen atoms in total. The van der Waals surface area contributed by atoms with E-state index in [0.29, 0.717) is 12.1 Å².